The van der Waals surface area contributed by atoms with E-state index in [2.05, 4.69) is 83.1 Å². The molecule has 4 nitrogen and oxygen atoms in total. The normalized spacial score (nSPS) is 12.5. The smallest absolute Gasteiger partial charge is 0.172 e. The molecule has 0 aliphatic carbocycles. The van der Waals surface area contributed by atoms with Crippen LogP contribution in [0.3, 0.4) is 0 Å². The molecule has 5 aromatic rings. The van der Waals surface area contributed by atoms with Crippen LogP contribution in [-0.2, 0) is 10.8 Å². The monoisotopic (exact) mass is 638 g/mol. The Kier molecular flexibility index (Phi) is 7.96. The summed E-state index contributed by atoms with van der Waals surface area (Å²) in [6.45, 7) is 27.1. The number of ether oxygens (including phenoxy) is 2. The molecule has 0 radical (unpaired) electrons. The number of methoxy groups -OCH3 is 2. The van der Waals surface area contributed by atoms with Crippen LogP contribution in [0.4, 0.5) is 0 Å². The van der Waals surface area contributed by atoms with Crippen LogP contribution in [0.1, 0.15) is 85.4 Å². The molecule has 0 fully saturated rings. The van der Waals surface area contributed by atoms with Gasteiger partial charge in [-0.25, -0.2) is 0 Å². The van der Waals surface area contributed by atoms with Gasteiger partial charge in [0.1, 0.15) is 11.0 Å². The minimum Gasteiger partial charge on any atom is -0.492 e. The van der Waals surface area contributed by atoms with Gasteiger partial charge in [-0.2, -0.15) is 8.75 Å². The van der Waals surface area contributed by atoms with Crippen molar-refractivity contribution in [3.8, 4) is 41.4 Å². The molecular weight excluding hydrogens is 597 g/mol. The Balaban J connectivity index is 1.76. The average molecular weight is 639 g/mol. The lowest BCUT2D eigenvalue weighted by molar-refractivity contribution is 0.347. The topological polar surface area (TPSA) is 44.2 Å². The first-order valence-corrected chi connectivity index (χ1v) is 17.4. The molecular formula is C34H42N2O2S4. The quantitative estimate of drug-likeness (QED) is 0.192. The van der Waals surface area contributed by atoms with E-state index in [-0.39, 0.29) is 10.8 Å². The number of fused-ring (bicyclic) bond motifs is 1. The van der Waals surface area contributed by atoms with Gasteiger partial charge in [0, 0.05) is 34.8 Å². The molecule has 224 valence electrons. The Labute approximate surface area is 267 Å². The maximum atomic E-state index is 6.13. The van der Waals surface area contributed by atoms with Gasteiger partial charge >= 0.3 is 0 Å². The molecule has 4 heterocycles. The second-order valence-electron chi connectivity index (χ2n) is 13.3. The number of aromatic nitrogens is 2. The van der Waals surface area contributed by atoms with Crippen LogP contribution in [0.2, 0.25) is 0 Å². The van der Waals surface area contributed by atoms with Crippen molar-refractivity contribution in [2.45, 2.75) is 93.9 Å². The third kappa shape index (κ3) is 4.73. The van der Waals surface area contributed by atoms with Gasteiger partial charge in [-0.15, -0.1) is 34.0 Å². The fourth-order valence-corrected chi connectivity index (χ4v) is 11.0. The van der Waals surface area contributed by atoms with E-state index in [1.54, 1.807) is 14.2 Å². The summed E-state index contributed by atoms with van der Waals surface area (Å²) in [6.07, 6.45) is 0. The Hall–Kier alpha value is -2.26. The predicted octanol–water partition coefficient (Wildman–Crippen LogP) is 11.3. The van der Waals surface area contributed by atoms with Crippen LogP contribution in [0.15, 0.2) is 0 Å². The first-order chi connectivity index (χ1) is 19.5. The lowest BCUT2D eigenvalue weighted by Crippen LogP contribution is -2.15. The van der Waals surface area contributed by atoms with Gasteiger partial charge in [0.05, 0.1) is 31.5 Å². The van der Waals surface area contributed by atoms with Gasteiger partial charge in [0.2, 0.25) is 0 Å². The van der Waals surface area contributed by atoms with Crippen LogP contribution in [0.5, 0.6) is 11.5 Å². The van der Waals surface area contributed by atoms with Crippen LogP contribution in [0.25, 0.3) is 41.0 Å². The minimum atomic E-state index is -0.191. The van der Waals surface area contributed by atoms with Gasteiger partial charge in [0.15, 0.2) is 11.5 Å². The molecule has 0 atom stereocenters. The van der Waals surface area contributed by atoms with Gasteiger partial charge in [-0.3, -0.25) is 0 Å². The summed E-state index contributed by atoms with van der Waals surface area (Å²) in [4.78, 5) is 8.13. The maximum Gasteiger partial charge on any atom is 0.172 e. The molecule has 0 saturated heterocycles. The summed E-state index contributed by atoms with van der Waals surface area (Å²) in [7, 11) is 3.45. The molecule has 8 heteroatoms. The fourth-order valence-electron chi connectivity index (χ4n) is 5.86. The van der Waals surface area contributed by atoms with E-state index in [4.69, 9.17) is 18.2 Å². The number of nitrogens with zero attached hydrogens (tertiary/aromatic N) is 2. The maximum absolute atomic E-state index is 6.13. The standard InChI is InChI=1S/C34H42N2O2S4/c1-15-16(2)28(29-17(3)18(4)30(40-29)31-19(5)20(6)32(41-31)34(10,11)12)39-27(15)21-23-24(36-42-35-23)22(33(7,8)9)26(38-14)25(21)37-13/h1-14H3. The van der Waals surface area contributed by atoms with Gasteiger partial charge < -0.3 is 9.47 Å². The predicted molar refractivity (Wildman–Crippen MR) is 186 cm³/mol. The second kappa shape index (κ2) is 10.7. The van der Waals surface area contributed by atoms with E-state index >= 15 is 0 Å². The molecule has 0 spiro atoms. The molecule has 0 aliphatic heterocycles. The molecule has 0 aliphatic rings. The van der Waals surface area contributed by atoms with E-state index in [9.17, 15) is 0 Å². The lowest BCUT2D eigenvalue weighted by atomic mass is 9.83. The summed E-state index contributed by atoms with van der Waals surface area (Å²) < 4.78 is 21.8. The largest absolute Gasteiger partial charge is 0.492 e. The molecule has 42 heavy (non-hydrogen) atoms. The molecule has 0 N–H and O–H groups in total. The summed E-state index contributed by atoms with van der Waals surface area (Å²) in [5, 5.41) is 0. The first-order valence-electron chi connectivity index (χ1n) is 14.3. The van der Waals surface area contributed by atoms with Crippen molar-refractivity contribution >= 4 is 56.8 Å². The Bertz CT molecular complexity index is 1830. The average Bonchev–Trinajstić information content (AvgIpc) is 3.65. The van der Waals surface area contributed by atoms with E-state index in [1.165, 1.54) is 74.4 Å². The molecule has 0 unspecified atom stereocenters. The van der Waals surface area contributed by atoms with Crippen LogP contribution < -0.4 is 9.47 Å². The van der Waals surface area contributed by atoms with Crippen molar-refractivity contribution in [3.63, 3.8) is 0 Å². The van der Waals surface area contributed by atoms with Crippen molar-refractivity contribution in [2.24, 2.45) is 0 Å². The molecule has 0 bridgehead atoms. The van der Waals surface area contributed by atoms with E-state index in [0.29, 0.717) is 0 Å². The second-order valence-corrected chi connectivity index (χ2v) is 16.9. The minimum absolute atomic E-state index is 0.135. The number of hydrogen-bond donors (Lipinski definition) is 0. The zero-order valence-electron chi connectivity index (χ0n) is 27.3. The van der Waals surface area contributed by atoms with Crippen molar-refractivity contribution in [2.75, 3.05) is 14.2 Å². The number of hydrogen-bond acceptors (Lipinski definition) is 8. The Morgan fingerprint density at radius 1 is 0.500 bits per heavy atom. The highest BCUT2D eigenvalue weighted by molar-refractivity contribution is 7.28. The number of rotatable bonds is 5. The van der Waals surface area contributed by atoms with Gasteiger partial charge in [-0.05, 0) is 85.8 Å². The summed E-state index contributed by atoms with van der Waals surface area (Å²) >= 11 is 7.00. The molecule has 0 amide bonds. The number of benzene rings is 1. The highest BCUT2D eigenvalue weighted by atomic mass is 32.1. The first kappa shape index (κ1) is 31.2. The molecule has 5 rings (SSSR count). The van der Waals surface area contributed by atoms with Gasteiger partial charge in [-0.1, -0.05) is 41.5 Å². The van der Waals surface area contributed by atoms with E-state index in [0.717, 1.165) is 33.7 Å². The summed E-state index contributed by atoms with van der Waals surface area (Å²) in [6, 6.07) is 0. The van der Waals surface area contributed by atoms with Gasteiger partial charge in [0.25, 0.3) is 0 Å². The van der Waals surface area contributed by atoms with E-state index < -0.39 is 0 Å². The summed E-state index contributed by atoms with van der Waals surface area (Å²) in [5.74, 6) is 1.48. The number of thiophene rings is 3. The molecule has 4 aromatic heterocycles. The van der Waals surface area contributed by atoms with E-state index in [1.807, 2.05) is 34.0 Å². The SMILES string of the molecule is COc1c(OC)c(C(C)(C)C)c2nsnc2c1-c1sc(-c2sc(-c3sc(C(C)(C)C)c(C)c3C)c(C)c2C)c(C)c1C. The third-order valence-corrected chi connectivity index (χ3v) is 13.9. The van der Waals surface area contributed by atoms with Crippen LogP contribution in [0, 0.1) is 41.5 Å². The Morgan fingerprint density at radius 2 is 0.929 bits per heavy atom. The third-order valence-electron chi connectivity index (χ3n) is 8.44. The molecule has 1 aromatic carbocycles. The highest BCUT2D eigenvalue weighted by Gasteiger charge is 2.33. The lowest BCUT2D eigenvalue weighted by Gasteiger charge is -2.25. The van der Waals surface area contributed by atoms with Crippen molar-refractivity contribution in [1.82, 2.24) is 8.75 Å². The van der Waals surface area contributed by atoms with Crippen LogP contribution >= 0.6 is 45.7 Å². The van der Waals surface area contributed by atoms with Crippen molar-refractivity contribution < 1.29 is 9.47 Å². The van der Waals surface area contributed by atoms with Crippen molar-refractivity contribution in [1.29, 1.82) is 0 Å². The highest BCUT2D eigenvalue weighted by Crippen LogP contribution is 2.56. The zero-order valence-corrected chi connectivity index (χ0v) is 30.6. The zero-order chi connectivity index (χ0) is 31.0. The molecule has 0 saturated carbocycles. The Morgan fingerprint density at radius 3 is 1.38 bits per heavy atom. The summed E-state index contributed by atoms with van der Waals surface area (Å²) in [5.41, 5.74) is 11.9. The van der Waals surface area contributed by atoms with Crippen LogP contribution in [-0.4, -0.2) is 23.0 Å². The fraction of sp³-hybridized carbons (Fsp3) is 0.471. The van der Waals surface area contributed by atoms with Crippen molar-refractivity contribution in [3.05, 3.63) is 43.8 Å².